The maximum Gasteiger partial charge on any atom is 0.416 e. The highest BCUT2D eigenvalue weighted by molar-refractivity contribution is 7.92. The van der Waals surface area contributed by atoms with Crippen LogP contribution in [0.25, 0.3) is 22.0 Å². The molecule has 16 heteroatoms. The molecular formula is C43H47F3N6O6S. The summed E-state index contributed by atoms with van der Waals surface area (Å²) in [5.41, 5.74) is 3.39. The van der Waals surface area contributed by atoms with Crippen molar-refractivity contribution in [1.82, 2.24) is 20.2 Å². The molecule has 0 unspecified atom stereocenters. The van der Waals surface area contributed by atoms with Gasteiger partial charge in [-0.05, 0) is 94.8 Å². The first kappa shape index (κ1) is 43.0. The Hall–Kier alpha value is -5.58. The Morgan fingerprint density at radius 2 is 1.63 bits per heavy atom. The van der Waals surface area contributed by atoms with E-state index in [0.717, 1.165) is 53.7 Å². The number of anilines is 2. The number of nitrogens with zero attached hydrogens (tertiary/aromatic N) is 3. The molecular weight excluding hydrogens is 786 g/mol. The van der Waals surface area contributed by atoms with Gasteiger partial charge < -0.3 is 20.1 Å². The topological polar surface area (TPSA) is 152 Å². The van der Waals surface area contributed by atoms with E-state index < -0.39 is 33.6 Å². The SMILES string of the molecule is COc1c(NC(=O)c2ccc(C)c(-c3ccc4nc(Cc5cc(C(=O)NCCN6CCOCC6)cc(C(F)(F)F)c5)ncc4c3)c2)cc(C(C)(C)C)cc1NS(C)(=O)=O. The molecule has 0 saturated carbocycles. The molecule has 6 rings (SSSR count). The second-order valence-electron chi connectivity index (χ2n) is 15.6. The largest absolute Gasteiger partial charge is 0.492 e. The highest BCUT2D eigenvalue weighted by Crippen LogP contribution is 2.40. The van der Waals surface area contributed by atoms with Crippen LogP contribution in [0.3, 0.4) is 0 Å². The van der Waals surface area contributed by atoms with Crippen molar-refractivity contribution in [2.24, 2.45) is 0 Å². The molecule has 0 spiro atoms. The van der Waals surface area contributed by atoms with Gasteiger partial charge in [0.2, 0.25) is 10.0 Å². The number of rotatable bonds is 12. The number of carbonyl (C=O) groups excluding carboxylic acids is 2. The summed E-state index contributed by atoms with van der Waals surface area (Å²) in [6.45, 7) is 11.3. The lowest BCUT2D eigenvalue weighted by molar-refractivity contribution is -0.137. The van der Waals surface area contributed by atoms with E-state index in [0.29, 0.717) is 41.9 Å². The molecule has 12 nitrogen and oxygen atoms in total. The number of aromatic nitrogens is 2. The lowest BCUT2D eigenvalue weighted by Crippen LogP contribution is -2.41. The van der Waals surface area contributed by atoms with Crippen LogP contribution in [0.5, 0.6) is 5.75 Å². The molecule has 0 atom stereocenters. The van der Waals surface area contributed by atoms with E-state index in [9.17, 15) is 31.2 Å². The number of carbonyl (C=O) groups is 2. The summed E-state index contributed by atoms with van der Waals surface area (Å²) in [7, 11) is -2.27. The van der Waals surface area contributed by atoms with Crippen molar-refractivity contribution in [3.63, 3.8) is 0 Å². The molecule has 3 N–H and O–H groups in total. The van der Waals surface area contributed by atoms with E-state index >= 15 is 0 Å². The zero-order valence-electron chi connectivity index (χ0n) is 33.7. The molecule has 1 aromatic heterocycles. The monoisotopic (exact) mass is 832 g/mol. The summed E-state index contributed by atoms with van der Waals surface area (Å²) in [6, 6.07) is 17.5. The number of alkyl halides is 3. The van der Waals surface area contributed by atoms with E-state index in [1.807, 2.05) is 45.9 Å². The lowest BCUT2D eigenvalue weighted by atomic mass is 9.86. The standard InChI is InChI=1S/C43H47F3N6O6S/c1-26-7-8-29(41(54)50-36-23-32(42(2,3)4)24-37(39(36)57-5)51-59(6,55)56)22-34(26)28-9-10-35-31(20-28)25-48-38(49-35)19-27-17-30(21-33(18-27)43(44,45)46)40(53)47-11-12-52-13-15-58-16-14-52/h7-10,17-18,20-25,51H,11-16,19H2,1-6H3,(H,47,53)(H,50,54). The number of ether oxygens (including phenoxy) is 2. The Labute approximate surface area is 341 Å². The number of aryl methyl sites for hydroxylation is 1. The molecule has 0 radical (unpaired) electrons. The van der Waals surface area contributed by atoms with Gasteiger partial charge in [0.15, 0.2) is 5.75 Å². The Bertz CT molecular complexity index is 2500. The van der Waals surface area contributed by atoms with Crippen LogP contribution < -0.4 is 20.1 Å². The van der Waals surface area contributed by atoms with E-state index in [-0.39, 0.29) is 46.8 Å². The summed E-state index contributed by atoms with van der Waals surface area (Å²) < 4.78 is 79.6. The van der Waals surface area contributed by atoms with E-state index in [1.165, 1.54) is 13.2 Å². The Morgan fingerprint density at radius 1 is 0.898 bits per heavy atom. The highest BCUT2D eigenvalue weighted by atomic mass is 32.2. The molecule has 0 bridgehead atoms. The zero-order chi connectivity index (χ0) is 42.7. The van der Waals surface area contributed by atoms with Crippen molar-refractivity contribution < 1.29 is 40.7 Å². The molecule has 59 heavy (non-hydrogen) atoms. The Kier molecular flexibility index (Phi) is 12.6. The number of amides is 2. The number of nitrogens with one attached hydrogen (secondary N) is 3. The third-order valence-corrected chi connectivity index (χ3v) is 10.5. The molecule has 2 heterocycles. The number of benzene rings is 4. The number of hydrogen-bond acceptors (Lipinski definition) is 9. The van der Waals surface area contributed by atoms with E-state index in [2.05, 4.69) is 30.2 Å². The maximum absolute atomic E-state index is 13.9. The minimum absolute atomic E-state index is 0.0405. The minimum atomic E-state index is -4.67. The first-order chi connectivity index (χ1) is 27.8. The van der Waals surface area contributed by atoms with Gasteiger partial charge in [-0.2, -0.15) is 13.2 Å². The lowest BCUT2D eigenvalue weighted by Gasteiger charge is -2.26. The zero-order valence-corrected chi connectivity index (χ0v) is 34.5. The fraction of sp³-hybridized carbons (Fsp3) is 0.349. The molecule has 1 saturated heterocycles. The fourth-order valence-corrected chi connectivity index (χ4v) is 7.32. The number of methoxy groups -OCH3 is 1. The van der Waals surface area contributed by atoms with Crippen molar-refractivity contribution in [3.8, 4) is 16.9 Å². The van der Waals surface area contributed by atoms with Crippen LogP contribution in [0, 0.1) is 6.92 Å². The summed E-state index contributed by atoms with van der Waals surface area (Å²) in [6.07, 6.45) is -2.08. The average molecular weight is 833 g/mol. The molecule has 1 aliphatic rings. The van der Waals surface area contributed by atoms with Gasteiger partial charge in [0.1, 0.15) is 5.82 Å². The van der Waals surface area contributed by atoms with Gasteiger partial charge in [-0.1, -0.05) is 32.9 Å². The molecule has 4 aromatic carbocycles. The van der Waals surface area contributed by atoms with Crippen LogP contribution in [-0.2, 0) is 32.8 Å². The Balaban J connectivity index is 1.22. The van der Waals surface area contributed by atoms with Gasteiger partial charge >= 0.3 is 6.18 Å². The third-order valence-electron chi connectivity index (χ3n) is 9.90. The average Bonchev–Trinajstić information content (AvgIpc) is 3.16. The van der Waals surface area contributed by atoms with Gasteiger partial charge in [0.25, 0.3) is 11.8 Å². The highest BCUT2D eigenvalue weighted by Gasteiger charge is 2.32. The molecule has 312 valence electrons. The van der Waals surface area contributed by atoms with Crippen LogP contribution in [0.4, 0.5) is 24.5 Å². The van der Waals surface area contributed by atoms with Crippen molar-refractivity contribution in [1.29, 1.82) is 0 Å². The molecule has 1 aliphatic heterocycles. The van der Waals surface area contributed by atoms with E-state index in [4.69, 9.17) is 9.47 Å². The number of halogens is 3. The number of fused-ring (bicyclic) bond motifs is 1. The minimum Gasteiger partial charge on any atom is -0.492 e. The van der Waals surface area contributed by atoms with Crippen LogP contribution in [0.2, 0.25) is 0 Å². The van der Waals surface area contributed by atoms with Gasteiger partial charge in [0, 0.05) is 55.3 Å². The molecule has 1 fully saturated rings. The maximum atomic E-state index is 13.9. The van der Waals surface area contributed by atoms with Crippen molar-refractivity contribution in [2.45, 2.75) is 45.7 Å². The summed E-state index contributed by atoms with van der Waals surface area (Å²) in [5, 5.41) is 6.31. The molecule has 5 aromatic rings. The first-order valence-corrected chi connectivity index (χ1v) is 20.8. The molecule has 2 amide bonds. The van der Waals surface area contributed by atoms with Crippen LogP contribution in [0.15, 0.2) is 72.9 Å². The van der Waals surface area contributed by atoms with Crippen LogP contribution in [0.1, 0.15) is 69.6 Å². The fourth-order valence-electron chi connectivity index (χ4n) is 6.77. The van der Waals surface area contributed by atoms with Crippen molar-refractivity contribution in [3.05, 3.63) is 112 Å². The van der Waals surface area contributed by atoms with Gasteiger partial charge in [-0.25, -0.2) is 18.4 Å². The van der Waals surface area contributed by atoms with Crippen LogP contribution in [-0.4, -0.2) is 87.9 Å². The number of morpholine rings is 1. The number of hydrogen-bond donors (Lipinski definition) is 3. The predicted molar refractivity (Wildman–Crippen MR) is 222 cm³/mol. The molecule has 0 aliphatic carbocycles. The first-order valence-electron chi connectivity index (χ1n) is 19.0. The van der Waals surface area contributed by atoms with Gasteiger partial charge in [0.05, 0.1) is 49.0 Å². The smallest absolute Gasteiger partial charge is 0.416 e. The second-order valence-corrected chi connectivity index (χ2v) is 17.3. The van der Waals surface area contributed by atoms with Gasteiger partial charge in [-0.3, -0.25) is 19.2 Å². The third kappa shape index (κ3) is 10.9. The van der Waals surface area contributed by atoms with Crippen molar-refractivity contribution >= 4 is 44.1 Å². The summed E-state index contributed by atoms with van der Waals surface area (Å²) in [4.78, 5) is 38.0. The van der Waals surface area contributed by atoms with Crippen molar-refractivity contribution in [2.75, 3.05) is 62.8 Å². The summed E-state index contributed by atoms with van der Waals surface area (Å²) >= 11 is 0. The summed E-state index contributed by atoms with van der Waals surface area (Å²) in [5.74, 6) is -0.608. The predicted octanol–water partition coefficient (Wildman–Crippen LogP) is 7.21. The second kappa shape index (κ2) is 17.3. The van der Waals surface area contributed by atoms with E-state index in [1.54, 1.807) is 36.5 Å². The Morgan fingerprint density at radius 3 is 2.31 bits per heavy atom. The van der Waals surface area contributed by atoms with Crippen LogP contribution >= 0.6 is 0 Å². The van der Waals surface area contributed by atoms with Gasteiger partial charge in [-0.15, -0.1) is 0 Å². The quantitative estimate of drug-likeness (QED) is 0.119. The number of sulfonamides is 1. The normalized spacial score (nSPS) is 13.9.